The molecule has 0 atom stereocenters. The molecule has 3 heterocycles. The summed E-state index contributed by atoms with van der Waals surface area (Å²) in [6.07, 6.45) is -1.77. The van der Waals surface area contributed by atoms with E-state index in [4.69, 9.17) is 0 Å². The lowest BCUT2D eigenvalue weighted by molar-refractivity contribution is -0.141. The number of aromatic nitrogens is 4. The van der Waals surface area contributed by atoms with E-state index in [0.29, 0.717) is 11.1 Å². The quantitative estimate of drug-likeness (QED) is 0.783. The molecule has 0 radical (unpaired) electrons. The predicted octanol–water partition coefficient (Wildman–Crippen LogP) is 2.24. The maximum Gasteiger partial charge on any atom is 0.433 e. The molecule has 1 N–H and O–H groups in total. The Morgan fingerprint density at radius 1 is 1.09 bits per heavy atom. The molecule has 0 aliphatic rings. The molecule has 0 amide bonds. The zero-order chi connectivity index (χ0) is 16.6. The van der Waals surface area contributed by atoms with Crippen molar-refractivity contribution in [3.63, 3.8) is 0 Å². The third-order valence-electron chi connectivity index (χ3n) is 3.19. The molecule has 6 nitrogen and oxygen atoms in total. The monoisotopic (exact) mass is 321 g/mol. The molecule has 0 aromatic carbocycles. The molecule has 3 aromatic heterocycles. The second-order valence-electron chi connectivity index (χ2n) is 4.60. The van der Waals surface area contributed by atoms with Crippen LogP contribution < -0.4 is 11.0 Å². The first-order valence-corrected chi connectivity index (χ1v) is 6.51. The lowest BCUT2D eigenvalue weighted by Gasteiger charge is -2.13. The van der Waals surface area contributed by atoms with E-state index in [1.807, 2.05) is 0 Å². The van der Waals surface area contributed by atoms with Gasteiger partial charge in [0.2, 0.25) is 0 Å². The molecule has 9 heteroatoms. The summed E-state index contributed by atoms with van der Waals surface area (Å²) in [6, 6.07) is 5.07. The van der Waals surface area contributed by atoms with Gasteiger partial charge < -0.3 is 5.32 Å². The summed E-state index contributed by atoms with van der Waals surface area (Å²) in [6.45, 7) is 0. The van der Waals surface area contributed by atoms with Crippen molar-refractivity contribution in [1.29, 1.82) is 0 Å². The average Bonchev–Trinajstić information content (AvgIpc) is 2.53. The average molecular weight is 321 g/mol. The van der Waals surface area contributed by atoms with Gasteiger partial charge in [-0.3, -0.25) is 4.98 Å². The van der Waals surface area contributed by atoms with Gasteiger partial charge in [0.25, 0.3) is 0 Å². The van der Waals surface area contributed by atoms with E-state index < -0.39 is 17.6 Å². The lowest BCUT2D eigenvalue weighted by Crippen LogP contribution is -2.24. The van der Waals surface area contributed by atoms with Gasteiger partial charge in [-0.2, -0.15) is 18.2 Å². The zero-order valence-electron chi connectivity index (χ0n) is 11.8. The van der Waals surface area contributed by atoms with Crippen LogP contribution in [0.3, 0.4) is 0 Å². The summed E-state index contributed by atoms with van der Waals surface area (Å²) < 4.78 is 39.8. The smallest absolute Gasteiger partial charge is 0.372 e. The topological polar surface area (TPSA) is 72.7 Å². The summed E-state index contributed by atoms with van der Waals surface area (Å²) >= 11 is 0. The van der Waals surface area contributed by atoms with Gasteiger partial charge in [-0.25, -0.2) is 14.3 Å². The normalized spacial score (nSPS) is 11.7. The fourth-order valence-electron chi connectivity index (χ4n) is 2.17. The molecule has 0 aliphatic heterocycles. The lowest BCUT2D eigenvalue weighted by atomic mass is 10.2. The Morgan fingerprint density at radius 2 is 1.78 bits per heavy atom. The molecule has 118 valence electrons. The van der Waals surface area contributed by atoms with E-state index >= 15 is 0 Å². The van der Waals surface area contributed by atoms with Gasteiger partial charge in [0.1, 0.15) is 11.5 Å². The van der Waals surface area contributed by atoms with E-state index in [1.54, 1.807) is 0 Å². The van der Waals surface area contributed by atoms with E-state index in [0.717, 1.165) is 10.6 Å². The van der Waals surface area contributed by atoms with Crippen molar-refractivity contribution in [3.8, 4) is 5.69 Å². The highest BCUT2D eigenvalue weighted by molar-refractivity contribution is 5.87. The number of alkyl halides is 3. The molecule has 0 bridgehead atoms. The number of nitrogens with one attached hydrogen (secondary N) is 1. The van der Waals surface area contributed by atoms with E-state index in [9.17, 15) is 18.0 Å². The zero-order valence-corrected chi connectivity index (χ0v) is 11.8. The van der Waals surface area contributed by atoms with Crippen LogP contribution in [0.25, 0.3) is 16.7 Å². The fraction of sp³-hybridized carbons (Fsp3) is 0.143. The number of pyridine rings is 2. The van der Waals surface area contributed by atoms with Crippen LogP contribution in [-0.4, -0.2) is 26.6 Å². The first-order chi connectivity index (χ1) is 10.9. The summed E-state index contributed by atoms with van der Waals surface area (Å²) in [5.74, 6) is 0.163. The number of hydrogen-bond acceptors (Lipinski definition) is 5. The molecule has 0 saturated heterocycles. The maximum absolute atomic E-state index is 12.9. The second kappa shape index (κ2) is 5.34. The van der Waals surface area contributed by atoms with Gasteiger partial charge in [0, 0.05) is 19.4 Å². The number of fused-ring (bicyclic) bond motifs is 1. The van der Waals surface area contributed by atoms with Gasteiger partial charge in [0.05, 0.1) is 11.1 Å². The Balaban J connectivity index is 2.43. The number of anilines is 1. The Kier molecular flexibility index (Phi) is 3.47. The van der Waals surface area contributed by atoms with Crippen molar-refractivity contribution in [3.05, 3.63) is 52.8 Å². The molecule has 0 fully saturated rings. The minimum absolute atomic E-state index is 0.129. The van der Waals surface area contributed by atoms with E-state index in [1.165, 1.54) is 37.6 Å². The molecule has 23 heavy (non-hydrogen) atoms. The standard InChI is InChI=1S/C14H10F3N5O/c1-18-11-9-2-3-10(14(15,16)17)20-12(9)22(13(23)21-11)8-4-6-19-7-5-8/h2-7H,1H3,(H,18,21,23). The molecule has 0 aliphatic carbocycles. The van der Waals surface area contributed by atoms with Gasteiger partial charge in [0.15, 0.2) is 5.65 Å². The minimum atomic E-state index is -4.61. The highest BCUT2D eigenvalue weighted by Crippen LogP contribution is 2.30. The van der Waals surface area contributed by atoms with Crippen LogP contribution in [0.15, 0.2) is 41.5 Å². The SMILES string of the molecule is CNc1nc(=O)n(-c2ccncc2)c2nc(C(F)(F)F)ccc12. The minimum Gasteiger partial charge on any atom is -0.372 e. The van der Waals surface area contributed by atoms with Crippen molar-refractivity contribution < 1.29 is 13.2 Å². The van der Waals surface area contributed by atoms with Crippen LogP contribution in [0.5, 0.6) is 0 Å². The van der Waals surface area contributed by atoms with Crippen molar-refractivity contribution in [2.45, 2.75) is 6.18 Å². The third kappa shape index (κ3) is 2.60. The van der Waals surface area contributed by atoms with Crippen LogP contribution in [-0.2, 0) is 6.18 Å². The van der Waals surface area contributed by atoms with Crippen molar-refractivity contribution in [2.24, 2.45) is 0 Å². The fourth-order valence-corrected chi connectivity index (χ4v) is 2.17. The largest absolute Gasteiger partial charge is 0.433 e. The van der Waals surface area contributed by atoms with Gasteiger partial charge in [-0.05, 0) is 24.3 Å². The molecular weight excluding hydrogens is 311 g/mol. The Labute approximate surface area is 127 Å². The first-order valence-electron chi connectivity index (χ1n) is 6.51. The number of rotatable bonds is 2. The highest BCUT2D eigenvalue weighted by atomic mass is 19.4. The van der Waals surface area contributed by atoms with Gasteiger partial charge >= 0.3 is 11.9 Å². The van der Waals surface area contributed by atoms with Crippen molar-refractivity contribution in [1.82, 2.24) is 19.5 Å². The molecule has 0 saturated carbocycles. The molecule has 0 unspecified atom stereocenters. The Hall–Kier alpha value is -2.97. The summed E-state index contributed by atoms with van der Waals surface area (Å²) in [5, 5.41) is 2.99. The third-order valence-corrected chi connectivity index (χ3v) is 3.19. The number of nitrogens with zero attached hydrogens (tertiary/aromatic N) is 4. The molecule has 3 aromatic rings. The van der Waals surface area contributed by atoms with Crippen LogP contribution in [0, 0.1) is 0 Å². The Morgan fingerprint density at radius 3 is 2.39 bits per heavy atom. The van der Waals surface area contributed by atoms with Crippen molar-refractivity contribution >= 4 is 16.9 Å². The maximum atomic E-state index is 12.9. The van der Waals surface area contributed by atoms with Crippen LogP contribution >= 0.6 is 0 Å². The summed E-state index contributed by atoms with van der Waals surface area (Å²) in [5.41, 5.74) is -1.62. The van der Waals surface area contributed by atoms with Crippen LogP contribution in [0.4, 0.5) is 19.0 Å². The summed E-state index contributed by atoms with van der Waals surface area (Å²) in [4.78, 5) is 23.5. The number of halogens is 3. The highest BCUT2D eigenvalue weighted by Gasteiger charge is 2.33. The van der Waals surface area contributed by atoms with Crippen LogP contribution in [0.2, 0.25) is 0 Å². The van der Waals surface area contributed by atoms with E-state index in [-0.39, 0.29) is 11.5 Å². The van der Waals surface area contributed by atoms with Crippen LogP contribution in [0.1, 0.15) is 5.69 Å². The van der Waals surface area contributed by atoms with Gasteiger partial charge in [-0.1, -0.05) is 0 Å². The Bertz CT molecular complexity index is 921. The number of hydrogen-bond donors (Lipinski definition) is 1. The molecular formula is C14H10F3N5O. The van der Waals surface area contributed by atoms with E-state index in [2.05, 4.69) is 20.3 Å². The molecule has 0 spiro atoms. The predicted molar refractivity (Wildman–Crippen MR) is 77.5 cm³/mol. The van der Waals surface area contributed by atoms with Gasteiger partial charge in [-0.15, -0.1) is 0 Å². The first kappa shape index (κ1) is 14.9. The van der Waals surface area contributed by atoms with Crippen molar-refractivity contribution in [2.75, 3.05) is 12.4 Å². The second-order valence-corrected chi connectivity index (χ2v) is 4.60. The molecule has 3 rings (SSSR count). The summed E-state index contributed by atoms with van der Waals surface area (Å²) in [7, 11) is 1.52.